The Morgan fingerprint density at radius 3 is 3.00 bits per heavy atom. The fraction of sp³-hybridized carbons (Fsp3) is 0.417. The molecule has 1 heterocycles. The minimum absolute atomic E-state index is 0.409. The van der Waals surface area contributed by atoms with Gasteiger partial charge in [0.25, 0.3) is 0 Å². The van der Waals surface area contributed by atoms with E-state index in [0.29, 0.717) is 43.4 Å². The van der Waals surface area contributed by atoms with Crippen LogP contribution in [0.5, 0.6) is 17.2 Å². The van der Waals surface area contributed by atoms with E-state index in [1.807, 2.05) is 12.1 Å². The Kier molecular flexibility index (Phi) is 3.62. The number of aliphatic imine (C=N–C) groups is 1. The van der Waals surface area contributed by atoms with E-state index in [1.54, 1.807) is 7.11 Å². The first-order chi connectivity index (χ1) is 8.35. The summed E-state index contributed by atoms with van der Waals surface area (Å²) in [6.45, 7) is 1.47. The lowest BCUT2D eigenvalue weighted by atomic mass is 10.1. The van der Waals surface area contributed by atoms with E-state index in [-0.39, 0.29) is 0 Å². The molecule has 0 aliphatic carbocycles. The minimum atomic E-state index is 0.409. The maximum absolute atomic E-state index is 9.99. The van der Waals surface area contributed by atoms with Crippen molar-refractivity contribution in [2.75, 3.05) is 26.9 Å². The van der Waals surface area contributed by atoms with Gasteiger partial charge in [-0.2, -0.15) is 0 Å². The fourth-order valence-corrected chi connectivity index (χ4v) is 1.70. The highest BCUT2D eigenvalue weighted by atomic mass is 16.6. The van der Waals surface area contributed by atoms with E-state index in [1.165, 1.54) is 6.08 Å². The lowest BCUT2D eigenvalue weighted by molar-refractivity contribution is 0.165. The number of nitrogens with zero attached hydrogens (tertiary/aromatic N) is 1. The third-order valence-electron chi connectivity index (χ3n) is 2.46. The van der Waals surface area contributed by atoms with Crippen LogP contribution in [0, 0.1) is 0 Å². The van der Waals surface area contributed by atoms with E-state index in [4.69, 9.17) is 14.2 Å². The summed E-state index contributed by atoms with van der Waals surface area (Å²) in [5.74, 6) is 1.97. The Bertz CT molecular complexity index is 435. The molecule has 0 saturated carbocycles. The van der Waals surface area contributed by atoms with Crippen molar-refractivity contribution >= 4 is 6.08 Å². The second-order valence-electron chi connectivity index (χ2n) is 3.55. The largest absolute Gasteiger partial charge is 0.493 e. The average Bonchev–Trinajstić information content (AvgIpc) is 2.38. The van der Waals surface area contributed by atoms with Crippen LogP contribution in [-0.4, -0.2) is 32.9 Å². The summed E-state index contributed by atoms with van der Waals surface area (Å²) in [5.41, 5.74) is 0.991. The molecular weight excluding hydrogens is 222 g/mol. The van der Waals surface area contributed by atoms with Crippen molar-refractivity contribution in [1.29, 1.82) is 0 Å². The molecule has 90 valence electrons. The van der Waals surface area contributed by atoms with Gasteiger partial charge in [0.05, 0.1) is 13.7 Å². The molecule has 0 aromatic heterocycles. The molecule has 5 heteroatoms. The van der Waals surface area contributed by atoms with Gasteiger partial charge in [-0.25, -0.2) is 9.79 Å². The molecule has 1 aliphatic rings. The molecule has 0 spiro atoms. The molecule has 0 bridgehead atoms. The van der Waals surface area contributed by atoms with Crippen LogP contribution in [0.1, 0.15) is 5.56 Å². The molecule has 0 radical (unpaired) electrons. The highest BCUT2D eigenvalue weighted by Crippen LogP contribution is 2.40. The van der Waals surface area contributed by atoms with Gasteiger partial charge >= 0.3 is 0 Å². The van der Waals surface area contributed by atoms with E-state index in [2.05, 4.69) is 4.99 Å². The van der Waals surface area contributed by atoms with Crippen LogP contribution >= 0.6 is 0 Å². The topological polar surface area (TPSA) is 57.1 Å². The zero-order valence-corrected chi connectivity index (χ0v) is 9.56. The lowest BCUT2D eigenvalue weighted by Gasteiger charge is -2.21. The summed E-state index contributed by atoms with van der Waals surface area (Å²) in [5, 5.41) is 0. The fourth-order valence-electron chi connectivity index (χ4n) is 1.70. The van der Waals surface area contributed by atoms with Crippen LogP contribution < -0.4 is 14.2 Å². The zero-order chi connectivity index (χ0) is 12.1. The summed E-state index contributed by atoms with van der Waals surface area (Å²) in [6.07, 6.45) is 2.16. The van der Waals surface area contributed by atoms with Gasteiger partial charge in [0.1, 0.15) is 13.2 Å². The number of hydrogen-bond acceptors (Lipinski definition) is 5. The molecular formula is C12H13NO4. The van der Waals surface area contributed by atoms with Crippen molar-refractivity contribution in [3.8, 4) is 17.2 Å². The first kappa shape index (κ1) is 11.5. The molecule has 0 N–H and O–H groups in total. The SMILES string of the molecule is COc1cc(CCN=C=O)cc2c1OCCO2. The summed E-state index contributed by atoms with van der Waals surface area (Å²) >= 11 is 0. The second kappa shape index (κ2) is 5.37. The molecule has 0 atom stereocenters. The van der Waals surface area contributed by atoms with Crippen LogP contribution in [-0.2, 0) is 11.2 Å². The van der Waals surface area contributed by atoms with Gasteiger partial charge in [0, 0.05) is 0 Å². The molecule has 0 saturated heterocycles. The van der Waals surface area contributed by atoms with Gasteiger partial charge < -0.3 is 14.2 Å². The van der Waals surface area contributed by atoms with Crippen molar-refractivity contribution in [2.24, 2.45) is 4.99 Å². The predicted molar refractivity (Wildman–Crippen MR) is 60.7 cm³/mol. The van der Waals surface area contributed by atoms with Crippen LogP contribution in [0.2, 0.25) is 0 Å². The molecule has 0 amide bonds. The Morgan fingerprint density at radius 1 is 1.41 bits per heavy atom. The van der Waals surface area contributed by atoms with Gasteiger partial charge in [-0.05, 0) is 24.1 Å². The maximum atomic E-state index is 9.99. The van der Waals surface area contributed by atoms with Crippen LogP contribution in [0.25, 0.3) is 0 Å². The Balaban J connectivity index is 2.25. The normalized spacial score (nSPS) is 12.8. The quantitative estimate of drug-likeness (QED) is 0.583. The zero-order valence-electron chi connectivity index (χ0n) is 9.56. The van der Waals surface area contributed by atoms with E-state index < -0.39 is 0 Å². The van der Waals surface area contributed by atoms with Crippen molar-refractivity contribution in [2.45, 2.75) is 6.42 Å². The smallest absolute Gasteiger partial charge is 0.234 e. The molecule has 0 fully saturated rings. The highest BCUT2D eigenvalue weighted by molar-refractivity contribution is 5.54. The van der Waals surface area contributed by atoms with Crippen LogP contribution in [0.4, 0.5) is 0 Å². The summed E-state index contributed by atoms with van der Waals surface area (Å²) in [7, 11) is 1.58. The highest BCUT2D eigenvalue weighted by Gasteiger charge is 2.18. The molecule has 1 aliphatic heterocycles. The molecule has 2 rings (SSSR count). The Labute approximate surface area is 99.0 Å². The summed E-state index contributed by atoms with van der Waals surface area (Å²) < 4.78 is 16.2. The Hall–Kier alpha value is -2.00. The maximum Gasteiger partial charge on any atom is 0.234 e. The van der Waals surface area contributed by atoms with Crippen molar-refractivity contribution in [3.05, 3.63) is 17.7 Å². The van der Waals surface area contributed by atoms with Gasteiger partial charge in [-0.1, -0.05) is 0 Å². The van der Waals surface area contributed by atoms with Crippen molar-refractivity contribution in [1.82, 2.24) is 0 Å². The lowest BCUT2D eigenvalue weighted by Crippen LogP contribution is -2.16. The first-order valence-corrected chi connectivity index (χ1v) is 5.35. The van der Waals surface area contributed by atoms with E-state index in [9.17, 15) is 4.79 Å². The molecule has 0 unspecified atom stereocenters. The number of carbonyl (C=O) groups excluding carboxylic acids is 1. The van der Waals surface area contributed by atoms with Crippen molar-refractivity contribution < 1.29 is 19.0 Å². The summed E-state index contributed by atoms with van der Waals surface area (Å²) in [6, 6.07) is 3.76. The molecule has 5 nitrogen and oxygen atoms in total. The number of methoxy groups -OCH3 is 1. The van der Waals surface area contributed by atoms with E-state index >= 15 is 0 Å². The number of rotatable bonds is 4. The third kappa shape index (κ3) is 2.57. The minimum Gasteiger partial charge on any atom is -0.493 e. The monoisotopic (exact) mass is 235 g/mol. The summed E-state index contributed by atoms with van der Waals surface area (Å²) in [4.78, 5) is 13.5. The van der Waals surface area contributed by atoms with E-state index in [0.717, 1.165) is 5.56 Å². The van der Waals surface area contributed by atoms with Gasteiger partial charge in [0.2, 0.25) is 11.8 Å². The molecule has 1 aromatic carbocycles. The van der Waals surface area contributed by atoms with Crippen molar-refractivity contribution in [3.63, 3.8) is 0 Å². The predicted octanol–water partition coefficient (Wildman–Crippen LogP) is 1.34. The molecule has 1 aromatic rings. The Morgan fingerprint density at radius 2 is 2.24 bits per heavy atom. The third-order valence-corrected chi connectivity index (χ3v) is 2.46. The number of benzene rings is 1. The average molecular weight is 235 g/mol. The second-order valence-corrected chi connectivity index (χ2v) is 3.55. The number of hydrogen-bond donors (Lipinski definition) is 0. The van der Waals surface area contributed by atoms with Gasteiger partial charge in [-0.3, -0.25) is 0 Å². The van der Waals surface area contributed by atoms with Gasteiger partial charge in [0.15, 0.2) is 11.5 Å². The number of fused-ring (bicyclic) bond motifs is 1. The van der Waals surface area contributed by atoms with Crippen LogP contribution in [0.3, 0.4) is 0 Å². The molecule has 17 heavy (non-hydrogen) atoms. The first-order valence-electron chi connectivity index (χ1n) is 5.35. The number of isocyanates is 1. The van der Waals surface area contributed by atoms with Gasteiger partial charge in [-0.15, -0.1) is 0 Å². The number of ether oxygens (including phenoxy) is 3. The standard InChI is InChI=1S/C12H13NO4/c1-15-10-6-9(2-3-13-8-14)7-11-12(10)17-5-4-16-11/h6-7H,2-5H2,1H3. The van der Waals surface area contributed by atoms with Crippen LogP contribution in [0.15, 0.2) is 17.1 Å².